The van der Waals surface area contributed by atoms with E-state index < -0.39 is 10.0 Å². The molecular weight excluding hydrogens is 458 g/mol. The lowest BCUT2D eigenvalue weighted by atomic mass is 10.1. The number of sulfonamides is 1. The molecule has 3 aromatic rings. The fraction of sp³-hybridized carbons (Fsp3) is 0.240. The number of carbonyl (C=O) groups excluding carboxylic acids is 1. The first-order valence-corrected chi connectivity index (χ1v) is 12.2. The molecule has 1 saturated heterocycles. The first-order valence-electron chi connectivity index (χ1n) is 10.7. The summed E-state index contributed by atoms with van der Waals surface area (Å²) < 4.78 is 28.1. The van der Waals surface area contributed by atoms with Crippen molar-refractivity contribution >= 4 is 28.3 Å². The van der Waals surface area contributed by atoms with Gasteiger partial charge < -0.3 is 4.90 Å². The minimum Gasteiger partial charge on any atom is -0.336 e. The fourth-order valence-electron chi connectivity index (χ4n) is 3.79. The van der Waals surface area contributed by atoms with Gasteiger partial charge in [0.05, 0.1) is 4.90 Å². The van der Waals surface area contributed by atoms with Crippen LogP contribution in [0, 0.1) is 0 Å². The number of amides is 1. The number of halogens is 1. The van der Waals surface area contributed by atoms with E-state index in [1.165, 1.54) is 17.7 Å². The highest BCUT2D eigenvalue weighted by Gasteiger charge is 2.23. The van der Waals surface area contributed by atoms with Crippen LogP contribution in [-0.4, -0.2) is 50.3 Å². The molecule has 1 fully saturated rings. The van der Waals surface area contributed by atoms with Crippen LogP contribution < -0.4 is 4.72 Å². The second-order valence-corrected chi connectivity index (χ2v) is 9.66. The Hall–Kier alpha value is -2.71. The molecule has 1 N–H and O–H groups in total. The first kappa shape index (κ1) is 24.9. The van der Waals surface area contributed by atoms with E-state index in [0.717, 1.165) is 25.2 Å². The van der Waals surface area contributed by atoms with E-state index in [1.807, 2.05) is 48.5 Å². The summed E-state index contributed by atoms with van der Waals surface area (Å²) in [6.45, 7) is 3.88. The Morgan fingerprint density at radius 3 is 2.03 bits per heavy atom. The summed E-state index contributed by atoms with van der Waals surface area (Å²) in [5.74, 6) is -0.135. The van der Waals surface area contributed by atoms with Gasteiger partial charge in [0.1, 0.15) is 0 Å². The number of rotatable bonds is 7. The molecule has 1 aliphatic rings. The van der Waals surface area contributed by atoms with Gasteiger partial charge in [0.25, 0.3) is 5.91 Å². The Bertz CT molecular complexity index is 1150. The standard InChI is InChI=1S/C25H27N3O3S.ClH/c29-25(28-16-14-27(15-17-28)20-22-10-5-2-6-11-22)23-12-7-13-24(18-23)32(30,31)26-19-21-8-3-1-4-9-21;/h1-13,18,26H,14-17,19-20H2;1H. The van der Waals surface area contributed by atoms with Gasteiger partial charge in [-0.1, -0.05) is 66.7 Å². The summed E-state index contributed by atoms with van der Waals surface area (Å²) in [5, 5.41) is 0. The van der Waals surface area contributed by atoms with Crippen molar-refractivity contribution in [1.82, 2.24) is 14.5 Å². The van der Waals surface area contributed by atoms with Crippen LogP contribution in [0.3, 0.4) is 0 Å². The maximum Gasteiger partial charge on any atom is 0.253 e. The maximum absolute atomic E-state index is 13.0. The zero-order valence-electron chi connectivity index (χ0n) is 18.3. The van der Waals surface area contributed by atoms with Gasteiger partial charge in [-0.25, -0.2) is 13.1 Å². The lowest BCUT2D eigenvalue weighted by Crippen LogP contribution is -2.48. The molecule has 0 bridgehead atoms. The Labute approximate surface area is 201 Å². The van der Waals surface area contributed by atoms with Crippen molar-refractivity contribution in [3.05, 3.63) is 102 Å². The second kappa shape index (κ2) is 11.4. The zero-order valence-corrected chi connectivity index (χ0v) is 19.9. The summed E-state index contributed by atoms with van der Waals surface area (Å²) in [6, 6.07) is 25.9. The maximum atomic E-state index is 13.0. The topological polar surface area (TPSA) is 69.7 Å². The molecule has 1 aliphatic heterocycles. The largest absolute Gasteiger partial charge is 0.336 e. The summed E-state index contributed by atoms with van der Waals surface area (Å²) in [6.07, 6.45) is 0. The minimum atomic E-state index is -3.72. The Balaban J connectivity index is 0.00000306. The van der Waals surface area contributed by atoms with Crippen molar-refractivity contribution in [3.8, 4) is 0 Å². The van der Waals surface area contributed by atoms with Gasteiger partial charge in [-0.15, -0.1) is 12.4 Å². The molecule has 0 aromatic heterocycles. The Kier molecular flexibility index (Phi) is 8.63. The van der Waals surface area contributed by atoms with E-state index in [4.69, 9.17) is 0 Å². The molecule has 0 aliphatic carbocycles. The lowest BCUT2D eigenvalue weighted by molar-refractivity contribution is 0.0628. The molecule has 174 valence electrons. The van der Waals surface area contributed by atoms with Gasteiger partial charge in [-0.2, -0.15) is 0 Å². The monoisotopic (exact) mass is 485 g/mol. The summed E-state index contributed by atoms with van der Waals surface area (Å²) in [7, 11) is -3.72. The van der Waals surface area contributed by atoms with E-state index in [-0.39, 0.29) is 29.8 Å². The number of nitrogens with zero attached hydrogens (tertiary/aromatic N) is 2. The first-order chi connectivity index (χ1) is 15.5. The quantitative estimate of drug-likeness (QED) is 0.555. The van der Waals surface area contributed by atoms with Gasteiger partial charge in [0, 0.05) is 44.8 Å². The molecule has 0 atom stereocenters. The third-order valence-electron chi connectivity index (χ3n) is 5.61. The third-order valence-corrected chi connectivity index (χ3v) is 7.01. The molecule has 4 rings (SSSR count). The number of piperazine rings is 1. The van der Waals surface area contributed by atoms with Crippen molar-refractivity contribution in [2.45, 2.75) is 18.0 Å². The molecule has 0 saturated carbocycles. The number of hydrogen-bond donors (Lipinski definition) is 1. The van der Waals surface area contributed by atoms with Crippen molar-refractivity contribution in [2.24, 2.45) is 0 Å². The van der Waals surface area contributed by atoms with E-state index in [0.29, 0.717) is 18.7 Å². The minimum absolute atomic E-state index is 0. The molecule has 3 aromatic carbocycles. The van der Waals surface area contributed by atoms with Crippen LogP contribution in [0.2, 0.25) is 0 Å². The van der Waals surface area contributed by atoms with Gasteiger partial charge in [-0.3, -0.25) is 9.69 Å². The van der Waals surface area contributed by atoms with Crippen LogP contribution in [0.25, 0.3) is 0 Å². The van der Waals surface area contributed by atoms with E-state index in [1.54, 1.807) is 17.0 Å². The normalized spacial score (nSPS) is 14.5. The van der Waals surface area contributed by atoms with E-state index >= 15 is 0 Å². The smallest absolute Gasteiger partial charge is 0.253 e. The number of nitrogens with one attached hydrogen (secondary N) is 1. The highest BCUT2D eigenvalue weighted by Crippen LogP contribution is 2.16. The van der Waals surface area contributed by atoms with Gasteiger partial charge in [0.15, 0.2) is 0 Å². The van der Waals surface area contributed by atoms with Crippen LogP contribution in [0.5, 0.6) is 0 Å². The van der Waals surface area contributed by atoms with Crippen molar-refractivity contribution in [2.75, 3.05) is 26.2 Å². The third kappa shape index (κ3) is 6.65. The van der Waals surface area contributed by atoms with E-state index in [9.17, 15) is 13.2 Å². The number of carbonyl (C=O) groups is 1. The van der Waals surface area contributed by atoms with Gasteiger partial charge in [0.2, 0.25) is 10.0 Å². The van der Waals surface area contributed by atoms with Crippen LogP contribution in [0.15, 0.2) is 89.8 Å². The highest BCUT2D eigenvalue weighted by atomic mass is 35.5. The SMILES string of the molecule is Cl.O=C(c1cccc(S(=O)(=O)NCc2ccccc2)c1)N1CCN(Cc2ccccc2)CC1. The Morgan fingerprint density at radius 1 is 0.788 bits per heavy atom. The molecule has 0 radical (unpaired) electrons. The molecule has 1 heterocycles. The lowest BCUT2D eigenvalue weighted by Gasteiger charge is -2.34. The predicted molar refractivity (Wildman–Crippen MR) is 132 cm³/mol. The fourth-order valence-corrected chi connectivity index (χ4v) is 4.85. The van der Waals surface area contributed by atoms with Crippen LogP contribution in [-0.2, 0) is 23.1 Å². The van der Waals surface area contributed by atoms with Crippen molar-refractivity contribution in [1.29, 1.82) is 0 Å². The van der Waals surface area contributed by atoms with Gasteiger partial charge in [-0.05, 0) is 29.3 Å². The van der Waals surface area contributed by atoms with Crippen molar-refractivity contribution < 1.29 is 13.2 Å². The van der Waals surface area contributed by atoms with Crippen LogP contribution in [0.1, 0.15) is 21.5 Å². The molecule has 33 heavy (non-hydrogen) atoms. The molecule has 6 nitrogen and oxygen atoms in total. The molecule has 1 amide bonds. The number of benzene rings is 3. The van der Waals surface area contributed by atoms with Crippen LogP contribution in [0.4, 0.5) is 0 Å². The predicted octanol–water partition coefficient (Wildman–Crippen LogP) is 3.54. The highest BCUT2D eigenvalue weighted by molar-refractivity contribution is 7.89. The van der Waals surface area contributed by atoms with Crippen LogP contribution >= 0.6 is 12.4 Å². The summed E-state index contributed by atoms with van der Waals surface area (Å²) in [5.41, 5.74) is 2.52. The molecule has 0 unspecified atom stereocenters. The zero-order chi connectivity index (χ0) is 22.4. The summed E-state index contributed by atoms with van der Waals surface area (Å²) in [4.78, 5) is 17.2. The average Bonchev–Trinajstić information content (AvgIpc) is 2.84. The van der Waals surface area contributed by atoms with Crippen molar-refractivity contribution in [3.63, 3.8) is 0 Å². The summed E-state index contributed by atoms with van der Waals surface area (Å²) >= 11 is 0. The number of hydrogen-bond acceptors (Lipinski definition) is 4. The van der Waals surface area contributed by atoms with Gasteiger partial charge >= 0.3 is 0 Å². The molecule has 0 spiro atoms. The Morgan fingerprint density at radius 2 is 1.39 bits per heavy atom. The molecule has 8 heteroatoms. The molecular formula is C25H28ClN3O3S. The average molecular weight is 486 g/mol. The van der Waals surface area contributed by atoms with E-state index in [2.05, 4.69) is 21.8 Å². The second-order valence-electron chi connectivity index (χ2n) is 7.89.